The molecule has 1 heterocycles. The van der Waals surface area contributed by atoms with Crippen LogP contribution < -0.4 is 22.4 Å². The molecule has 0 spiro atoms. The fourth-order valence-corrected chi connectivity index (χ4v) is 2.46. The summed E-state index contributed by atoms with van der Waals surface area (Å²) in [7, 11) is 0. The van der Waals surface area contributed by atoms with Gasteiger partial charge in [0.2, 0.25) is 11.1 Å². The van der Waals surface area contributed by atoms with Gasteiger partial charge in [0.1, 0.15) is 0 Å². The summed E-state index contributed by atoms with van der Waals surface area (Å²) in [6.45, 7) is 0.548. The van der Waals surface area contributed by atoms with E-state index in [2.05, 4.69) is 20.9 Å². The van der Waals surface area contributed by atoms with Gasteiger partial charge in [-0.1, -0.05) is 35.5 Å². The van der Waals surface area contributed by atoms with Crippen molar-refractivity contribution in [3.63, 3.8) is 0 Å². The highest BCUT2D eigenvalue weighted by Gasteiger charge is 2.11. The molecule has 0 radical (unpaired) electrons. The molecule has 0 aliphatic heterocycles. The zero-order chi connectivity index (χ0) is 15.9. The second kappa shape index (κ2) is 7.87. The molecule has 2 rings (SSSR count). The zero-order valence-electron chi connectivity index (χ0n) is 11.6. The standard InChI is InChI=1S/C12H16ClN7OS/c13-9-3-1-8(2-4-9)5-6-16-10(21)7-22-12-19-18-11(17-14)20(12)15/h1-4H,5-7,14-15H2,(H,16,21)(H,17,18). The summed E-state index contributed by atoms with van der Waals surface area (Å²) in [4.78, 5) is 11.8. The van der Waals surface area contributed by atoms with Gasteiger partial charge >= 0.3 is 0 Å². The second-order valence-electron chi connectivity index (χ2n) is 4.34. The molecule has 0 saturated heterocycles. The topological polar surface area (TPSA) is 124 Å². The Morgan fingerprint density at radius 2 is 2.05 bits per heavy atom. The fourth-order valence-electron chi connectivity index (χ4n) is 1.65. The van der Waals surface area contributed by atoms with E-state index in [0.717, 1.165) is 12.0 Å². The molecule has 0 aliphatic carbocycles. The molecule has 1 aromatic heterocycles. The third-order valence-corrected chi connectivity index (χ3v) is 3.97. The molecule has 0 aliphatic rings. The lowest BCUT2D eigenvalue weighted by Gasteiger charge is -2.05. The summed E-state index contributed by atoms with van der Waals surface area (Å²) >= 11 is 6.99. The van der Waals surface area contributed by atoms with Gasteiger partial charge in [-0.05, 0) is 24.1 Å². The Labute approximate surface area is 136 Å². The lowest BCUT2D eigenvalue weighted by molar-refractivity contribution is -0.118. The van der Waals surface area contributed by atoms with Crippen molar-refractivity contribution >= 4 is 35.2 Å². The van der Waals surface area contributed by atoms with Gasteiger partial charge in [0.05, 0.1) is 5.75 Å². The molecule has 2 aromatic rings. The largest absolute Gasteiger partial charge is 0.355 e. The number of nitrogen functional groups attached to an aromatic ring is 2. The van der Waals surface area contributed by atoms with Crippen molar-refractivity contribution in [1.29, 1.82) is 0 Å². The van der Waals surface area contributed by atoms with Gasteiger partial charge < -0.3 is 11.2 Å². The van der Waals surface area contributed by atoms with E-state index in [1.807, 2.05) is 24.3 Å². The first-order valence-electron chi connectivity index (χ1n) is 6.41. The lowest BCUT2D eigenvalue weighted by Crippen LogP contribution is -2.27. The van der Waals surface area contributed by atoms with Crippen LogP contribution in [0.2, 0.25) is 5.02 Å². The van der Waals surface area contributed by atoms with E-state index in [9.17, 15) is 4.79 Å². The minimum absolute atomic E-state index is 0.107. The van der Waals surface area contributed by atoms with E-state index in [1.165, 1.54) is 16.4 Å². The predicted octanol–water partition coefficient (Wildman–Crippen LogP) is 0.382. The summed E-state index contributed by atoms with van der Waals surface area (Å²) in [6, 6.07) is 7.51. The summed E-state index contributed by atoms with van der Waals surface area (Å²) in [5.74, 6) is 11.2. The van der Waals surface area contributed by atoms with Crippen LogP contribution in [0.15, 0.2) is 29.4 Å². The quantitative estimate of drug-likeness (QED) is 0.326. The summed E-state index contributed by atoms with van der Waals surface area (Å²) in [6.07, 6.45) is 0.738. The van der Waals surface area contributed by atoms with Crippen LogP contribution in [0.5, 0.6) is 0 Å². The van der Waals surface area contributed by atoms with Crippen LogP contribution in [0.3, 0.4) is 0 Å². The zero-order valence-corrected chi connectivity index (χ0v) is 13.2. The highest BCUT2D eigenvalue weighted by atomic mass is 35.5. The molecule has 6 N–H and O–H groups in total. The van der Waals surface area contributed by atoms with Crippen molar-refractivity contribution < 1.29 is 4.79 Å². The second-order valence-corrected chi connectivity index (χ2v) is 5.71. The Bertz CT molecular complexity index is 631. The fraction of sp³-hybridized carbons (Fsp3) is 0.250. The first-order valence-corrected chi connectivity index (χ1v) is 7.77. The number of anilines is 1. The SMILES string of the molecule is NNc1nnc(SCC(=O)NCCc2ccc(Cl)cc2)n1N. The van der Waals surface area contributed by atoms with Gasteiger partial charge in [-0.25, -0.2) is 10.5 Å². The van der Waals surface area contributed by atoms with Gasteiger partial charge in [0.15, 0.2) is 0 Å². The molecule has 0 unspecified atom stereocenters. The minimum Gasteiger partial charge on any atom is -0.355 e. The molecule has 1 aromatic carbocycles. The molecule has 0 saturated carbocycles. The van der Waals surface area contributed by atoms with Gasteiger partial charge in [0, 0.05) is 11.6 Å². The average molecular weight is 342 g/mol. The van der Waals surface area contributed by atoms with Crippen LogP contribution >= 0.6 is 23.4 Å². The number of aromatic nitrogens is 3. The minimum atomic E-state index is -0.107. The Balaban J connectivity index is 1.71. The van der Waals surface area contributed by atoms with Crippen molar-refractivity contribution in [3.05, 3.63) is 34.9 Å². The molecule has 10 heteroatoms. The van der Waals surface area contributed by atoms with Gasteiger partial charge in [-0.15, -0.1) is 10.2 Å². The molecule has 118 valence electrons. The molecular formula is C12H16ClN7OS. The maximum absolute atomic E-state index is 11.8. The summed E-state index contributed by atoms with van der Waals surface area (Å²) in [5, 5.41) is 11.4. The number of halogens is 1. The third kappa shape index (κ3) is 4.52. The monoisotopic (exact) mass is 341 g/mol. The number of hydrazine groups is 1. The summed E-state index contributed by atoms with van der Waals surface area (Å²) < 4.78 is 1.19. The predicted molar refractivity (Wildman–Crippen MR) is 86.9 cm³/mol. The molecule has 1 amide bonds. The van der Waals surface area contributed by atoms with E-state index in [1.54, 1.807) is 0 Å². The van der Waals surface area contributed by atoms with Crippen molar-refractivity contribution in [2.45, 2.75) is 11.6 Å². The third-order valence-electron chi connectivity index (χ3n) is 2.78. The smallest absolute Gasteiger partial charge is 0.258 e. The molecule has 8 nitrogen and oxygen atoms in total. The molecule has 0 atom stereocenters. The number of benzene rings is 1. The Morgan fingerprint density at radius 3 is 2.68 bits per heavy atom. The number of nitrogens with zero attached hydrogens (tertiary/aromatic N) is 3. The first kappa shape index (κ1) is 16.4. The van der Waals surface area contributed by atoms with E-state index in [-0.39, 0.29) is 17.6 Å². The van der Waals surface area contributed by atoms with Gasteiger partial charge in [-0.3, -0.25) is 10.2 Å². The average Bonchev–Trinajstić information content (AvgIpc) is 2.87. The van der Waals surface area contributed by atoms with Crippen molar-refractivity contribution in [3.8, 4) is 0 Å². The van der Waals surface area contributed by atoms with E-state index < -0.39 is 0 Å². The number of hydrogen-bond donors (Lipinski definition) is 4. The number of carbonyl (C=O) groups excluding carboxylic acids is 1. The number of amides is 1. The Morgan fingerprint density at radius 1 is 1.32 bits per heavy atom. The lowest BCUT2D eigenvalue weighted by atomic mass is 10.1. The number of thioether (sulfide) groups is 1. The van der Waals surface area contributed by atoms with Gasteiger partial charge in [-0.2, -0.15) is 0 Å². The molecule has 0 fully saturated rings. The number of rotatable bonds is 7. The number of nitrogens with one attached hydrogen (secondary N) is 2. The van der Waals surface area contributed by atoms with Crippen molar-refractivity contribution in [2.75, 3.05) is 23.6 Å². The van der Waals surface area contributed by atoms with Gasteiger partial charge in [0.25, 0.3) is 5.95 Å². The number of nitrogens with two attached hydrogens (primary N) is 2. The van der Waals surface area contributed by atoms with Crippen LogP contribution in [0.25, 0.3) is 0 Å². The van der Waals surface area contributed by atoms with Crippen molar-refractivity contribution in [2.24, 2.45) is 5.84 Å². The van der Waals surface area contributed by atoms with E-state index in [4.69, 9.17) is 23.3 Å². The highest BCUT2D eigenvalue weighted by Crippen LogP contribution is 2.15. The van der Waals surface area contributed by atoms with Crippen LogP contribution in [0.4, 0.5) is 5.95 Å². The summed E-state index contributed by atoms with van der Waals surface area (Å²) in [5.41, 5.74) is 3.41. The van der Waals surface area contributed by atoms with E-state index in [0.29, 0.717) is 16.7 Å². The number of carbonyl (C=O) groups is 1. The highest BCUT2D eigenvalue weighted by molar-refractivity contribution is 7.99. The van der Waals surface area contributed by atoms with E-state index >= 15 is 0 Å². The maximum atomic E-state index is 11.8. The van der Waals surface area contributed by atoms with Crippen molar-refractivity contribution in [1.82, 2.24) is 20.2 Å². The van der Waals surface area contributed by atoms with Crippen LogP contribution in [0, 0.1) is 0 Å². The molecule has 22 heavy (non-hydrogen) atoms. The number of hydrogen-bond acceptors (Lipinski definition) is 7. The van der Waals surface area contributed by atoms with Crippen LogP contribution in [-0.4, -0.2) is 33.1 Å². The first-order chi connectivity index (χ1) is 10.6. The maximum Gasteiger partial charge on any atom is 0.258 e. The normalized spacial score (nSPS) is 10.5. The Kier molecular flexibility index (Phi) is 5.87. The Hall–Kier alpha value is -1.97. The molecule has 0 bridgehead atoms. The molecular weight excluding hydrogens is 326 g/mol. The van der Waals surface area contributed by atoms with Crippen LogP contribution in [0.1, 0.15) is 5.56 Å². The van der Waals surface area contributed by atoms with Crippen LogP contribution in [-0.2, 0) is 11.2 Å².